The summed E-state index contributed by atoms with van der Waals surface area (Å²) in [6.45, 7) is 0. The van der Waals surface area contributed by atoms with Gasteiger partial charge in [0.25, 0.3) is 0 Å². The number of hydrogen-bond acceptors (Lipinski definition) is 3. The van der Waals surface area contributed by atoms with Gasteiger partial charge in [-0.05, 0) is 37.9 Å². The van der Waals surface area contributed by atoms with E-state index >= 15 is 0 Å². The normalized spacial score (nSPS) is 10.1. The highest BCUT2D eigenvalue weighted by molar-refractivity contribution is 9.13. The SMILES string of the molecule is O=C(O)CCC(=O)c1cc(Br)c(Br)s1. The molecule has 1 heterocycles. The van der Waals surface area contributed by atoms with Crippen LogP contribution in [0, 0.1) is 0 Å². The first-order valence-corrected chi connectivity index (χ1v) is 6.11. The molecular formula is C8H6Br2O3S. The smallest absolute Gasteiger partial charge is 0.303 e. The molecule has 0 aliphatic rings. The van der Waals surface area contributed by atoms with Gasteiger partial charge in [-0.15, -0.1) is 11.3 Å². The number of carboxylic acid groups (broad SMARTS) is 1. The van der Waals surface area contributed by atoms with Crippen LogP contribution in [0.1, 0.15) is 22.5 Å². The molecule has 0 spiro atoms. The number of ketones is 1. The van der Waals surface area contributed by atoms with Gasteiger partial charge in [-0.3, -0.25) is 9.59 Å². The van der Waals surface area contributed by atoms with Crippen molar-refractivity contribution in [1.82, 2.24) is 0 Å². The maximum absolute atomic E-state index is 11.4. The Hall–Kier alpha value is -0.200. The Bertz CT molecular complexity index is 353. The highest BCUT2D eigenvalue weighted by atomic mass is 79.9. The lowest BCUT2D eigenvalue weighted by Gasteiger charge is -1.92. The van der Waals surface area contributed by atoms with Crippen LogP contribution in [0.4, 0.5) is 0 Å². The molecule has 0 unspecified atom stereocenters. The molecule has 0 saturated carbocycles. The number of carbonyl (C=O) groups excluding carboxylic acids is 1. The average molecular weight is 342 g/mol. The van der Waals surface area contributed by atoms with Gasteiger partial charge in [0.05, 0.1) is 15.1 Å². The summed E-state index contributed by atoms with van der Waals surface area (Å²) in [7, 11) is 0. The van der Waals surface area contributed by atoms with E-state index in [1.807, 2.05) is 0 Å². The van der Waals surface area contributed by atoms with Gasteiger partial charge in [0.2, 0.25) is 0 Å². The predicted molar refractivity (Wildman–Crippen MR) is 60.9 cm³/mol. The molecule has 0 aliphatic heterocycles. The third-order valence-electron chi connectivity index (χ3n) is 1.49. The number of carboxylic acids is 1. The maximum Gasteiger partial charge on any atom is 0.303 e. The highest BCUT2D eigenvalue weighted by Crippen LogP contribution is 2.33. The van der Waals surface area contributed by atoms with Crippen molar-refractivity contribution in [3.63, 3.8) is 0 Å². The van der Waals surface area contributed by atoms with Gasteiger partial charge >= 0.3 is 5.97 Å². The van der Waals surface area contributed by atoms with Crippen LogP contribution in [0.3, 0.4) is 0 Å². The number of carbonyl (C=O) groups is 2. The van der Waals surface area contributed by atoms with E-state index in [1.165, 1.54) is 11.3 Å². The zero-order valence-electron chi connectivity index (χ0n) is 6.92. The third kappa shape index (κ3) is 3.18. The first-order chi connectivity index (χ1) is 6.50. The van der Waals surface area contributed by atoms with Crippen LogP contribution in [0.15, 0.2) is 14.3 Å². The Labute approximate surface area is 101 Å². The molecular weight excluding hydrogens is 336 g/mol. The van der Waals surface area contributed by atoms with Crippen LogP contribution in [-0.2, 0) is 4.79 Å². The van der Waals surface area contributed by atoms with Crippen LogP contribution in [0.2, 0.25) is 0 Å². The van der Waals surface area contributed by atoms with Gasteiger partial charge in [-0.25, -0.2) is 0 Å². The summed E-state index contributed by atoms with van der Waals surface area (Å²) in [6, 6.07) is 1.69. The third-order valence-corrected chi connectivity index (χ3v) is 4.78. The Morgan fingerprint density at radius 3 is 2.43 bits per heavy atom. The van der Waals surface area contributed by atoms with E-state index in [-0.39, 0.29) is 18.6 Å². The predicted octanol–water partition coefficient (Wildman–Crippen LogP) is 3.32. The lowest BCUT2D eigenvalue weighted by molar-refractivity contribution is -0.136. The highest BCUT2D eigenvalue weighted by Gasteiger charge is 2.12. The average Bonchev–Trinajstić information content (AvgIpc) is 2.43. The number of Topliss-reactive ketones (excluding diaryl/α,β-unsaturated/α-hetero) is 1. The van der Waals surface area contributed by atoms with E-state index in [1.54, 1.807) is 6.07 Å². The standard InChI is InChI=1S/C8H6Br2O3S/c9-4-3-6(14-8(4)10)5(11)1-2-7(12)13/h3H,1-2H2,(H,12,13). The lowest BCUT2D eigenvalue weighted by atomic mass is 10.2. The molecule has 3 nitrogen and oxygen atoms in total. The first-order valence-electron chi connectivity index (χ1n) is 3.70. The van der Waals surface area contributed by atoms with E-state index in [9.17, 15) is 9.59 Å². The van der Waals surface area contributed by atoms with E-state index in [4.69, 9.17) is 5.11 Å². The van der Waals surface area contributed by atoms with Crippen molar-refractivity contribution in [1.29, 1.82) is 0 Å². The quantitative estimate of drug-likeness (QED) is 0.855. The van der Waals surface area contributed by atoms with Gasteiger partial charge < -0.3 is 5.11 Å². The molecule has 1 rings (SSSR count). The topological polar surface area (TPSA) is 54.4 Å². The number of thiophene rings is 1. The van der Waals surface area contributed by atoms with Crippen molar-refractivity contribution in [3.05, 3.63) is 19.2 Å². The van der Waals surface area contributed by atoms with Gasteiger partial charge in [0.15, 0.2) is 5.78 Å². The Balaban J connectivity index is 2.65. The summed E-state index contributed by atoms with van der Waals surface area (Å²) in [5, 5.41) is 8.40. The number of hydrogen-bond donors (Lipinski definition) is 1. The summed E-state index contributed by atoms with van der Waals surface area (Å²) in [4.78, 5) is 22.2. The molecule has 1 aromatic heterocycles. The molecule has 0 aliphatic carbocycles. The molecule has 0 amide bonds. The molecule has 0 bridgehead atoms. The zero-order valence-corrected chi connectivity index (χ0v) is 10.9. The monoisotopic (exact) mass is 340 g/mol. The van der Waals surface area contributed by atoms with Crippen molar-refractivity contribution < 1.29 is 14.7 Å². The zero-order chi connectivity index (χ0) is 10.7. The van der Waals surface area contributed by atoms with Crippen molar-refractivity contribution in [2.75, 3.05) is 0 Å². The summed E-state index contributed by atoms with van der Waals surface area (Å²) >= 11 is 7.83. The summed E-state index contributed by atoms with van der Waals surface area (Å²) < 4.78 is 1.66. The summed E-state index contributed by atoms with van der Waals surface area (Å²) in [5.41, 5.74) is 0. The van der Waals surface area contributed by atoms with E-state index in [0.29, 0.717) is 4.88 Å². The minimum Gasteiger partial charge on any atom is -0.481 e. The fourth-order valence-electron chi connectivity index (χ4n) is 0.828. The molecule has 14 heavy (non-hydrogen) atoms. The van der Waals surface area contributed by atoms with Gasteiger partial charge in [0.1, 0.15) is 0 Å². The van der Waals surface area contributed by atoms with Crippen molar-refractivity contribution in [2.45, 2.75) is 12.8 Å². The van der Waals surface area contributed by atoms with Crippen molar-refractivity contribution in [2.24, 2.45) is 0 Å². The Kier molecular flexibility index (Phi) is 4.28. The number of halogens is 2. The van der Waals surface area contributed by atoms with Crippen LogP contribution in [-0.4, -0.2) is 16.9 Å². The molecule has 0 fully saturated rings. The summed E-state index contributed by atoms with van der Waals surface area (Å²) in [6.07, 6.45) is -0.0688. The molecule has 0 radical (unpaired) electrons. The molecule has 0 aromatic carbocycles. The van der Waals surface area contributed by atoms with Crippen molar-refractivity contribution >= 4 is 54.9 Å². The Morgan fingerprint density at radius 2 is 2.00 bits per heavy atom. The first kappa shape index (κ1) is 11.9. The van der Waals surface area contributed by atoms with Gasteiger partial charge in [0, 0.05) is 10.9 Å². The molecule has 0 saturated heterocycles. The number of aliphatic carboxylic acids is 1. The Morgan fingerprint density at radius 1 is 1.36 bits per heavy atom. The van der Waals surface area contributed by atoms with E-state index in [0.717, 1.165) is 8.26 Å². The molecule has 1 N–H and O–H groups in total. The fourth-order valence-corrected chi connectivity index (χ4v) is 2.83. The van der Waals surface area contributed by atoms with Crippen LogP contribution < -0.4 is 0 Å². The second kappa shape index (κ2) is 5.04. The molecule has 1 aromatic rings. The van der Waals surface area contributed by atoms with Crippen LogP contribution in [0.5, 0.6) is 0 Å². The second-order valence-electron chi connectivity index (χ2n) is 2.55. The maximum atomic E-state index is 11.4. The molecule has 0 atom stereocenters. The minimum atomic E-state index is -0.951. The van der Waals surface area contributed by atoms with Gasteiger partial charge in [-0.1, -0.05) is 0 Å². The number of rotatable bonds is 4. The second-order valence-corrected chi connectivity index (χ2v) is 5.77. The van der Waals surface area contributed by atoms with Crippen molar-refractivity contribution in [3.8, 4) is 0 Å². The van der Waals surface area contributed by atoms with Crippen LogP contribution >= 0.6 is 43.2 Å². The summed E-state index contributed by atoms with van der Waals surface area (Å²) in [5.74, 6) is -1.09. The largest absolute Gasteiger partial charge is 0.481 e. The lowest BCUT2D eigenvalue weighted by Crippen LogP contribution is -2.01. The van der Waals surface area contributed by atoms with Crippen LogP contribution in [0.25, 0.3) is 0 Å². The minimum absolute atomic E-state index is 0.0503. The molecule has 6 heteroatoms. The van der Waals surface area contributed by atoms with E-state index in [2.05, 4.69) is 31.9 Å². The molecule has 76 valence electrons. The fraction of sp³-hybridized carbons (Fsp3) is 0.250. The van der Waals surface area contributed by atoms with Gasteiger partial charge in [-0.2, -0.15) is 0 Å². The van der Waals surface area contributed by atoms with E-state index < -0.39 is 5.97 Å².